The van der Waals surface area contributed by atoms with E-state index in [1.165, 1.54) is 0 Å². The third kappa shape index (κ3) is 5.37. The van der Waals surface area contributed by atoms with Crippen LogP contribution in [0.4, 0.5) is 13.2 Å². The lowest BCUT2D eigenvalue weighted by Crippen LogP contribution is -2.37. The largest absolute Gasteiger partial charge is 0.392 e. The number of Topliss-reactive ketones (excluding diaryl/α,β-unsaturated/α-hetero) is 1. The fourth-order valence-electron chi connectivity index (χ4n) is 2.86. The topological polar surface area (TPSA) is 17.1 Å². The van der Waals surface area contributed by atoms with Crippen molar-refractivity contribution in [2.24, 2.45) is 11.8 Å². The van der Waals surface area contributed by atoms with Crippen LogP contribution in [0, 0.1) is 11.8 Å². The molecule has 0 spiro atoms. The zero-order chi connectivity index (χ0) is 14.3. The molecule has 0 bridgehead atoms. The highest BCUT2D eigenvalue weighted by Gasteiger charge is 2.47. The Labute approximate surface area is 113 Å². The lowest BCUT2D eigenvalue weighted by molar-refractivity contribution is -0.197. The molecule has 0 aromatic carbocycles. The van der Waals surface area contributed by atoms with Gasteiger partial charge in [0.1, 0.15) is 5.78 Å². The van der Waals surface area contributed by atoms with Gasteiger partial charge < -0.3 is 0 Å². The van der Waals surface area contributed by atoms with Gasteiger partial charge in [0, 0.05) is 12.3 Å². The number of rotatable bonds is 7. The van der Waals surface area contributed by atoms with Crippen LogP contribution in [0.15, 0.2) is 12.7 Å². The maximum absolute atomic E-state index is 12.9. The molecule has 4 heteroatoms. The van der Waals surface area contributed by atoms with Crippen molar-refractivity contribution in [3.05, 3.63) is 12.7 Å². The minimum Gasteiger partial charge on any atom is -0.299 e. The third-order valence-electron chi connectivity index (χ3n) is 3.93. The number of hydrogen-bond acceptors (Lipinski definition) is 1. The van der Waals surface area contributed by atoms with Gasteiger partial charge in [0.2, 0.25) is 0 Å². The molecule has 0 aliphatic heterocycles. The summed E-state index contributed by atoms with van der Waals surface area (Å²) in [6.07, 6.45) is 3.24. The Morgan fingerprint density at radius 3 is 2.47 bits per heavy atom. The van der Waals surface area contributed by atoms with Crippen LogP contribution in [0.5, 0.6) is 0 Å². The fraction of sp³-hybridized carbons (Fsp3) is 0.800. The summed E-state index contributed by atoms with van der Waals surface area (Å²) >= 11 is 0. The summed E-state index contributed by atoms with van der Waals surface area (Å²) in [5.74, 6) is -2.37. The van der Waals surface area contributed by atoms with Crippen molar-refractivity contribution in [2.75, 3.05) is 0 Å². The molecule has 0 heterocycles. The number of unbranched alkanes of at least 4 members (excludes halogenated alkanes) is 3. The molecule has 0 N–H and O–H groups in total. The van der Waals surface area contributed by atoms with Gasteiger partial charge in [0.15, 0.2) is 0 Å². The Morgan fingerprint density at radius 1 is 1.16 bits per heavy atom. The fourth-order valence-corrected chi connectivity index (χ4v) is 2.86. The highest BCUT2D eigenvalue weighted by molar-refractivity contribution is 5.81. The summed E-state index contributed by atoms with van der Waals surface area (Å²) in [7, 11) is 0. The first-order valence-corrected chi connectivity index (χ1v) is 7.17. The van der Waals surface area contributed by atoms with Crippen molar-refractivity contribution in [1.29, 1.82) is 0 Å². The van der Waals surface area contributed by atoms with E-state index in [1.54, 1.807) is 0 Å². The average Bonchev–Trinajstić information content (AvgIpc) is 2.37. The number of alkyl halides is 3. The Balaban J connectivity index is 2.42. The molecule has 1 aliphatic rings. The van der Waals surface area contributed by atoms with Crippen molar-refractivity contribution < 1.29 is 18.0 Å². The van der Waals surface area contributed by atoms with E-state index in [9.17, 15) is 18.0 Å². The van der Waals surface area contributed by atoms with Crippen LogP contribution in [-0.4, -0.2) is 12.0 Å². The smallest absolute Gasteiger partial charge is 0.299 e. The van der Waals surface area contributed by atoms with E-state index < -0.39 is 18.0 Å². The standard InChI is InChI=1S/C15H23F3O/c1-2-3-4-5-6-11-14(19)12-9-7-8-10-13(12)15(16,17)18/h2,12-13H,1,3-11H2. The molecule has 0 aromatic heterocycles. The maximum Gasteiger partial charge on any atom is 0.392 e. The molecule has 1 aliphatic carbocycles. The highest BCUT2D eigenvalue weighted by atomic mass is 19.4. The highest BCUT2D eigenvalue weighted by Crippen LogP contribution is 2.42. The van der Waals surface area contributed by atoms with Crippen molar-refractivity contribution in [3.8, 4) is 0 Å². The predicted molar refractivity (Wildman–Crippen MR) is 69.8 cm³/mol. The Bertz CT molecular complexity index is 296. The Morgan fingerprint density at radius 2 is 1.84 bits per heavy atom. The van der Waals surface area contributed by atoms with Crippen molar-refractivity contribution in [1.82, 2.24) is 0 Å². The molecule has 2 atom stereocenters. The molecule has 0 saturated heterocycles. The second kappa shape index (κ2) is 7.71. The van der Waals surface area contributed by atoms with Crippen LogP contribution in [0.25, 0.3) is 0 Å². The first-order valence-electron chi connectivity index (χ1n) is 7.17. The normalized spacial score (nSPS) is 24.2. The SMILES string of the molecule is C=CCCCCCC(=O)C1CCCCC1C(F)(F)F. The van der Waals surface area contributed by atoms with Gasteiger partial charge >= 0.3 is 6.18 Å². The summed E-state index contributed by atoms with van der Waals surface area (Å²) in [6.45, 7) is 3.61. The van der Waals surface area contributed by atoms with Crippen molar-refractivity contribution >= 4 is 5.78 Å². The van der Waals surface area contributed by atoms with Gasteiger partial charge in [0.05, 0.1) is 5.92 Å². The van der Waals surface area contributed by atoms with Crippen LogP contribution in [0.3, 0.4) is 0 Å². The molecule has 0 aromatic rings. The van der Waals surface area contributed by atoms with Crippen LogP contribution in [0.1, 0.15) is 57.8 Å². The van der Waals surface area contributed by atoms with Crippen LogP contribution in [0.2, 0.25) is 0 Å². The first-order chi connectivity index (χ1) is 8.96. The zero-order valence-electron chi connectivity index (χ0n) is 11.3. The number of carbonyl (C=O) groups excluding carboxylic acids is 1. The van der Waals surface area contributed by atoms with Crippen molar-refractivity contribution in [3.63, 3.8) is 0 Å². The van der Waals surface area contributed by atoms with Crippen LogP contribution < -0.4 is 0 Å². The van der Waals surface area contributed by atoms with E-state index in [0.29, 0.717) is 25.7 Å². The van der Waals surface area contributed by atoms with Gasteiger partial charge in [-0.15, -0.1) is 6.58 Å². The molecule has 1 nitrogen and oxygen atoms in total. The Kier molecular flexibility index (Phi) is 6.59. The van der Waals surface area contributed by atoms with Crippen molar-refractivity contribution in [2.45, 2.75) is 64.0 Å². The summed E-state index contributed by atoms with van der Waals surface area (Å²) < 4.78 is 38.6. The van der Waals surface area contributed by atoms with E-state index in [0.717, 1.165) is 25.7 Å². The van der Waals surface area contributed by atoms with Crippen LogP contribution >= 0.6 is 0 Å². The maximum atomic E-state index is 12.9. The lowest BCUT2D eigenvalue weighted by atomic mass is 9.75. The minimum atomic E-state index is -4.22. The number of halogens is 3. The number of allylic oxidation sites excluding steroid dienone is 1. The molecule has 1 saturated carbocycles. The van der Waals surface area contributed by atoms with Gasteiger partial charge in [-0.3, -0.25) is 4.79 Å². The number of carbonyl (C=O) groups is 1. The van der Waals surface area contributed by atoms with Crippen LogP contribution in [-0.2, 0) is 4.79 Å². The molecule has 0 radical (unpaired) electrons. The van der Waals surface area contributed by atoms with E-state index in [-0.39, 0.29) is 12.2 Å². The van der Waals surface area contributed by atoms with E-state index >= 15 is 0 Å². The molecule has 1 rings (SSSR count). The molecular formula is C15H23F3O. The second-order valence-electron chi connectivity index (χ2n) is 5.39. The van der Waals surface area contributed by atoms with Gasteiger partial charge in [-0.25, -0.2) is 0 Å². The number of ketones is 1. The van der Waals surface area contributed by atoms with Gasteiger partial charge in [0.25, 0.3) is 0 Å². The van der Waals surface area contributed by atoms with E-state index in [4.69, 9.17) is 0 Å². The lowest BCUT2D eigenvalue weighted by Gasteiger charge is -2.32. The predicted octanol–water partition coefficient (Wildman–Crippen LogP) is 5.06. The molecular weight excluding hydrogens is 253 g/mol. The molecule has 110 valence electrons. The van der Waals surface area contributed by atoms with E-state index in [1.807, 2.05) is 6.08 Å². The summed E-state index contributed by atoms with van der Waals surface area (Å²) in [4.78, 5) is 12.0. The third-order valence-corrected chi connectivity index (χ3v) is 3.93. The molecule has 19 heavy (non-hydrogen) atoms. The second-order valence-corrected chi connectivity index (χ2v) is 5.39. The summed E-state index contributed by atoms with van der Waals surface area (Å²) in [6, 6.07) is 0. The van der Waals surface area contributed by atoms with E-state index in [2.05, 4.69) is 6.58 Å². The summed E-state index contributed by atoms with van der Waals surface area (Å²) in [5.41, 5.74) is 0. The van der Waals surface area contributed by atoms with Gasteiger partial charge in [-0.1, -0.05) is 25.3 Å². The molecule has 0 amide bonds. The van der Waals surface area contributed by atoms with Gasteiger partial charge in [-0.2, -0.15) is 13.2 Å². The molecule has 1 fully saturated rings. The molecule has 2 unspecified atom stereocenters. The quantitative estimate of drug-likeness (QED) is 0.469. The first kappa shape index (κ1) is 16.3. The van der Waals surface area contributed by atoms with Gasteiger partial charge in [-0.05, 0) is 32.1 Å². The Hall–Kier alpha value is -0.800. The minimum absolute atomic E-state index is 0.121. The zero-order valence-corrected chi connectivity index (χ0v) is 11.3. The summed E-state index contributed by atoms with van der Waals surface area (Å²) in [5, 5.41) is 0. The number of hydrogen-bond donors (Lipinski definition) is 0. The average molecular weight is 276 g/mol. The monoisotopic (exact) mass is 276 g/mol.